The van der Waals surface area contributed by atoms with Crippen LogP contribution in [0.25, 0.3) is 0 Å². The lowest BCUT2D eigenvalue weighted by atomic mass is 9.95. The van der Waals surface area contributed by atoms with E-state index in [0.29, 0.717) is 0 Å². The number of carbonyl (C=O) groups is 1. The van der Waals surface area contributed by atoms with Crippen LogP contribution in [-0.2, 0) is 4.79 Å². The van der Waals surface area contributed by atoms with Crippen molar-refractivity contribution in [3.63, 3.8) is 0 Å². The van der Waals surface area contributed by atoms with Crippen LogP contribution in [0, 0.1) is 22.0 Å². The van der Waals surface area contributed by atoms with Crippen molar-refractivity contribution < 1.29 is 9.72 Å². The fourth-order valence-electron chi connectivity index (χ4n) is 1.67. The minimum atomic E-state index is -0.589. The Labute approximate surface area is 116 Å². The molecule has 1 atom stereocenters. The molecule has 104 valence electrons. The van der Waals surface area contributed by atoms with E-state index in [-0.39, 0.29) is 34.8 Å². The molecular formula is C12H16ClN3O3. The van der Waals surface area contributed by atoms with Gasteiger partial charge in [0.1, 0.15) is 5.69 Å². The van der Waals surface area contributed by atoms with Crippen molar-refractivity contribution in [1.82, 2.24) is 0 Å². The first kappa shape index (κ1) is 15.4. The zero-order chi connectivity index (χ0) is 14.6. The molecule has 0 fully saturated rings. The summed E-state index contributed by atoms with van der Waals surface area (Å²) in [7, 11) is 0. The molecule has 1 aromatic carbocycles. The lowest BCUT2D eigenvalue weighted by Gasteiger charge is -2.18. The minimum Gasteiger partial charge on any atom is -0.330 e. The van der Waals surface area contributed by atoms with Crippen LogP contribution in [0.15, 0.2) is 18.2 Å². The number of benzene rings is 1. The van der Waals surface area contributed by atoms with Gasteiger partial charge in [-0.15, -0.1) is 0 Å². The van der Waals surface area contributed by atoms with Crippen LogP contribution in [0.5, 0.6) is 0 Å². The van der Waals surface area contributed by atoms with E-state index in [0.717, 1.165) is 0 Å². The van der Waals surface area contributed by atoms with E-state index in [9.17, 15) is 14.9 Å². The number of nitro benzene ring substituents is 1. The first-order chi connectivity index (χ1) is 8.86. The van der Waals surface area contributed by atoms with Gasteiger partial charge in [0.2, 0.25) is 5.91 Å². The molecule has 0 saturated carbocycles. The molecule has 19 heavy (non-hydrogen) atoms. The highest BCUT2D eigenvalue weighted by Crippen LogP contribution is 2.28. The Morgan fingerprint density at radius 2 is 2.16 bits per heavy atom. The number of carbonyl (C=O) groups excluding carboxylic acids is 1. The number of anilines is 1. The van der Waals surface area contributed by atoms with E-state index in [1.54, 1.807) is 0 Å². The summed E-state index contributed by atoms with van der Waals surface area (Å²) in [6, 6.07) is 4.09. The van der Waals surface area contributed by atoms with Gasteiger partial charge in [-0.1, -0.05) is 25.4 Å². The molecular weight excluding hydrogens is 270 g/mol. The van der Waals surface area contributed by atoms with Crippen molar-refractivity contribution in [1.29, 1.82) is 0 Å². The first-order valence-electron chi connectivity index (χ1n) is 5.81. The monoisotopic (exact) mass is 285 g/mol. The Kier molecular flexibility index (Phi) is 5.26. The average molecular weight is 286 g/mol. The van der Waals surface area contributed by atoms with Gasteiger partial charge in [0.25, 0.3) is 5.69 Å². The van der Waals surface area contributed by atoms with E-state index >= 15 is 0 Å². The number of nitrogens with two attached hydrogens (primary N) is 1. The maximum atomic E-state index is 12.0. The van der Waals surface area contributed by atoms with Crippen molar-refractivity contribution in [2.75, 3.05) is 11.9 Å². The molecule has 1 rings (SSSR count). The van der Waals surface area contributed by atoms with Gasteiger partial charge in [-0.2, -0.15) is 0 Å². The van der Waals surface area contributed by atoms with E-state index in [2.05, 4.69) is 5.32 Å². The molecule has 3 N–H and O–H groups in total. The average Bonchev–Trinajstić information content (AvgIpc) is 2.31. The van der Waals surface area contributed by atoms with Crippen LogP contribution in [0.1, 0.15) is 13.8 Å². The molecule has 0 aromatic heterocycles. The zero-order valence-corrected chi connectivity index (χ0v) is 11.5. The molecule has 1 amide bonds. The van der Waals surface area contributed by atoms with E-state index in [1.807, 2.05) is 13.8 Å². The zero-order valence-electron chi connectivity index (χ0n) is 10.7. The molecule has 0 aliphatic heterocycles. The van der Waals surface area contributed by atoms with Crippen molar-refractivity contribution >= 4 is 28.9 Å². The predicted molar refractivity (Wildman–Crippen MR) is 74.1 cm³/mol. The molecule has 1 aromatic rings. The maximum absolute atomic E-state index is 12.0. The minimum absolute atomic E-state index is 0.0522. The highest BCUT2D eigenvalue weighted by molar-refractivity contribution is 6.31. The fourth-order valence-corrected chi connectivity index (χ4v) is 1.84. The summed E-state index contributed by atoms with van der Waals surface area (Å²) in [4.78, 5) is 22.3. The molecule has 0 saturated heterocycles. The summed E-state index contributed by atoms with van der Waals surface area (Å²) in [6.45, 7) is 3.92. The largest absolute Gasteiger partial charge is 0.330 e. The number of nitrogens with zero attached hydrogens (tertiary/aromatic N) is 1. The summed E-state index contributed by atoms with van der Waals surface area (Å²) in [5.41, 5.74) is 5.42. The Morgan fingerprint density at radius 1 is 1.53 bits per heavy atom. The van der Waals surface area contributed by atoms with Crippen molar-refractivity contribution in [3.8, 4) is 0 Å². The van der Waals surface area contributed by atoms with E-state index in [4.69, 9.17) is 17.3 Å². The maximum Gasteiger partial charge on any atom is 0.294 e. The summed E-state index contributed by atoms with van der Waals surface area (Å²) < 4.78 is 0. The van der Waals surface area contributed by atoms with Crippen molar-refractivity contribution in [2.24, 2.45) is 17.6 Å². The molecule has 0 aliphatic rings. The summed E-state index contributed by atoms with van der Waals surface area (Å²) in [5.74, 6) is -0.672. The molecule has 0 radical (unpaired) electrons. The van der Waals surface area contributed by atoms with E-state index < -0.39 is 10.8 Å². The second kappa shape index (κ2) is 6.49. The van der Waals surface area contributed by atoms with Crippen LogP contribution in [0.2, 0.25) is 5.02 Å². The Bertz CT molecular complexity index is 491. The second-order valence-electron chi connectivity index (χ2n) is 4.49. The number of nitrogens with one attached hydrogen (secondary N) is 1. The molecule has 6 nitrogen and oxygen atoms in total. The highest BCUT2D eigenvalue weighted by atomic mass is 35.5. The molecule has 0 aliphatic carbocycles. The first-order valence-corrected chi connectivity index (χ1v) is 6.19. The fraction of sp³-hybridized carbons (Fsp3) is 0.417. The van der Waals surface area contributed by atoms with Crippen LogP contribution >= 0.6 is 11.6 Å². The third-order valence-electron chi connectivity index (χ3n) is 2.81. The van der Waals surface area contributed by atoms with Gasteiger partial charge in [-0.3, -0.25) is 14.9 Å². The van der Waals surface area contributed by atoms with Gasteiger partial charge < -0.3 is 11.1 Å². The van der Waals surface area contributed by atoms with Crippen LogP contribution in [-0.4, -0.2) is 17.4 Å². The Hall–Kier alpha value is -1.66. The third kappa shape index (κ3) is 3.90. The number of hydrogen-bond acceptors (Lipinski definition) is 4. The molecule has 7 heteroatoms. The van der Waals surface area contributed by atoms with E-state index in [1.165, 1.54) is 18.2 Å². The number of rotatable bonds is 5. The number of amides is 1. The quantitative estimate of drug-likeness (QED) is 0.641. The lowest BCUT2D eigenvalue weighted by Crippen LogP contribution is -2.33. The summed E-state index contributed by atoms with van der Waals surface area (Å²) in [6.07, 6.45) is 0. The van der Waals surface area contributed by atoms with Crippen LogP contribution < -0.4 is 11.1 Å². The van der Waals surface area contributed by atoms with Crippen LogP contribution in [0.4, 0.5) is 11.4 Å². The number of hydrogen-bond donors (Lipinski definition) is 2. The molecule has 1 unspecified atom stereocenters. The van der Waals surface area contributed by atoms with Crippen LogP contribution in [0.3, 0.4) is 0 Å². The summed E-state index contributed by atoms with van der Waals surface area (Å²) >= 11 is 5.70. The molecule has 0 heterocycles. The van der Waals surface area contributed by atoms with Crippen molar-refractivity contribution in [2.45, 2.75) is 13.8 Å². The number of nitro groups is 1. The molecule has 0 bridgehead atoms. The smallest absolute Gasteiger partial charge is 0.294 e. The third-order valence-corrected chi connectivity index (χ3v) is 3.04. The van der Waals surface area contributed by atoms with Gasteiger partial charge in [0.05, 0.1) is 10.8 Å². The standard InChI is InChI=1S/C12H16ClN3O3/c1-7(2)9(6-14)12(17)15-10-4-3-8(13)5-11(10)16(18)19/h3-5,7,9H,6,14H2,1-2H3,(H,15,17). The second-order valence-corrected chi connectivity index (χ2v) is 4.93. The Morgan fingerprint density at radius 3 is 2.63 bits per heavy atom. The van der Waals surface area contributed by atoms with Gasteiger partial charge in [0.15, 0.2) is 0 Å². The van der Waals surface area contributed by atoms with Gasteiger partial charge in [-0.05, 0) is 18.1 Å². The van der Waals surface area contributed by atoms with Gasteiger partial charge in [-0.25, -0.2) is 0 Å². The lowest BCUT2D eigenvalue weighted by molar-refractivity contribution is -0.383. The molecule has 0 spiro atoms. The number of halogens is 1. The topological polar surface area (TPSA) is 98.3 Å². The van der Waals surface area contributed by atoms with Crippen molar-refractivity contribution in [3.05, 3.63) is 33.3 Å². The van der Waals surface area contributed by atoms with Gasteiger partial charge in [0, 0.05) is 17.6 Å². The van der Waals surface area contributed by atoms with Gasteiger partial charge >= 0.3 is 0 Å². The Balaban J connectivity index is 2.99. The normalized spacial score (nSPS) is 12.3. The predicted octanol–water partition coefficient (Wildman–Crippen LogP) is 2.42. The highest BCUT2D eigenvalue weighted by Gasteiger charge is 2.23. The summed E-state index contributed by atoms with van der Waals surface area (Å²) in [5, 5.41) is 13.7. The SMILES string of the molecule is CC(C)C(CN)C(=O)Nc1ccc(Cl)cc1[N+](=O)[O-].